The van der Waals surface area contributed by atoms with Gasteiger partial charge in [0.1, 0.15) is 24.7 Å². The molecule has 1 aliphatic heterocycles. The highest BCUT2D eigenvalue weighted by molar-refractivity contribution is 5.71. The summed E-state index contributed by atoms with van der Waals surface area (Å²) >= 11 is 0. The molecular formula is C25H34N2O4. The Kier molecular flexibility index (Phi) is 9.67. The van der Waals surface area contributed by atoms with E-state index in [1.165, 1.54) is 31.5 Å². The maximum atomic E-state index is 11.3. The highest BCUT2D eigenvalue weighted by atomic mass is 16.5. The summed E-state index contributed by atoms with van der Waals surface area (Å²) in [4.78, 5) is 13.8. The van der Waals surface area contributed by atoms with Gasteiger partial charge in [-0.05, 0) is 62.2 Å². The number of nitrogens with one attached hydrogen (secondary N) is 1. The molecule has 3 rings (SSSR count). The van der Waals surface area contributed by atoms with E-state index in [-0.39, 0.29) is 12.5 Å². The van der Waals surface area contributed by atoms with Crippen LogP contribution in [0.15, 0.2) is 48.5 Å². The molecule has 1 N–H and O–H groups in total. The third-order valence-electron chi connectivity index (χ3n) is 5.28. The van der Waals surface area contributed by atoms with Crippen molar-refractivity contribution in [2.45, 2.75) is 26.2 Å². The number of carbonyl (C=O) groups is 1. The van der Waals surface area contributed by atoms with Crippen molar-refractivity contribution in [3.05, 3.63) is 59.7 Å². The molecule has 0 atom stereocenters. The topological polar surface area (TPSA) is 60.0 Å². The Bertz CT molecular complexity index is 788. The SMILES string of the molecule is CCOC(=O)CNCCOc1ccccc1Cc1ccc(OCCN2CCCC2)cc1. The van der Waals surface area contributed by atoms with Gasteiger partial charge in [0.15, 0.2) is 0 Å². The molecular weight excluding hydrogens is 392 g/mol. The number of benzene rings is 2. The number of esters is 1. The van der Waals surface area contributed by atoms with E-state index in [1.807, 2.05) is 30.3 Å². The van der Waals surface area contributed by atoms with Gasteiger partial charge < -0.3 is 19.5 Å². The first kappa shape index (κ1) is 23.1. The van der Waals surface area contributed by atoms with E-state index in [0.29, 0.717) is 19.8 Å². The molecule has 2 aromatic carbocycles. The first-order valence-electron chi connectivity index (χ1n) is 11.3. The normalized spacial score (nSPS) is 13.8. The maximum Gasteiger partial charge on any atom is 0.319 e. The summed E-state index contributed by atoms with van der Waals surface area (Å²) in [5.74, 6) is 1.54. The van der Waals surface area contributed by atoms with Crippen molar-refractivity contribution in [2.24, 2.45) is 0 Å². The fraction of sp³-hybridized carbons (Fsp3) is 0.480. The second kappa shape index (κ2) is 13.0. The third-order valence-corrected chi connectivity index (χ3v) is 5.28. The van der Waals surface area contributed by atoms with Crippen LogP contribution in [0, 0.1) is 0 Å². The summed E-state index contributed by atoms with van der Waals surface area (Å²) in [5.41, 5.74) is 2.35. The standard InChI is InChI=1S/C25H34N2O4/c1-2-29-25(28)20-26-13-17-31-24-8-4-3-7-22(24)19-21-9-11-23(12-10-21)30-18-16-27-14-5-6-15-27/h3-4,7-12,26H,2,5-6,13-20H2,1H3. The molecule has 0 spiro atoms. The van der Waals surface area contributed by atoms with E-state index in [9.17, 15) is 4.79 Å². The number of ether oxygens (including phenoxy) is 3. The average Bonchev–Trinajstić information content (AvgIpc) is 3.30. The van der Waals surface area contributed by atoms with Crippen molar-refractivity contribution in [2.75, 3.05) is 52.5 Å². The smallest absolute Gasteiger partial charge is 0.319 e. The van der Waals surface area contributed by atoms with Crippen molar-refractivity contribution in [1.82, 2.24) is 10.2 Å². The number of hydrogen-bond donors (Lipinski definition) is 1. The molecule has 0 aromatic heterocycles. The van der Waals surface area contributed by atoms with Gasteiger partial charge in [-0.1, -0.05) is 30.3 Å². The van der Waals surface area contributed by atoms with Crippen molar-refractivity contribution in [1.29, 1.82) is 0 Å². The number of nitrogens with zero attached hydrogens (tertiary/aromatic N) is 1. The van der Waals surface area contributed by atoms with Crippen LogP contribution in [0.4, 0.5) is 0 Å². The number of para-hydroxylation sites is 1. The molecule has 0 radical (unpaired) electrons. The Hall–Kier alpha value is -2.57. The molecule has 0 unspecified atom stereocenters. The number of likely N-dealkylation sites (tertiary alicyclic amines) is 1. The second-order valence-corrected chi connectivity index (χ2v) is 7.66. The Morgan fingerprint density at radius 1 is 1.00 bits per heavy atom. The molecule has 0 aliphatic carbocycles. The summed E-state index contributed by atoms with van der Waals surface area (Å²) in [5, 5.41) is 3.03. The lowest BCUT2D eigenvalue weighted by Crippen LogP contribution is -2.28. The lowest BCUT2D eigenvalue weighted by Gasteiger charge is -2.15. The van der Waals surface area contributed by atoms with E-state index < -0.39 is 0 Å². The van der Waals surface area contributed by atoms with Crippen molar-refractivity contribution in [3.8, 4) is 11.5 Å². The van der Waals surface area contributed by atoms with E-state index in [2.05, 4.69) is 28.4 Å². The largest absolute Gasteiger partial charge is 0.492 e. The zero-order chi connectivity index (χ0) is 21.7. The molecule has 6 nitrogen and oxygen atoms in total. The van der Waals surface area contributed by atoms with E-state index in [1.54, 1.807) is 6.92 Å². The van der Waals surface area contributed by atoms with E-state index >= 15 is 0 Å². The lowest BCUT2D eigenvalue weighted by molar-refractivity contribution is -0.142. The molecule has 0 saturated carbocycles. The molecule has 168 valence electrons. The Morgan fingerprint density at radius 3 is 2.55 bits per heavy atom. The summed E-state index contributed by atoms with van der Waals surface area (Å²) < 4.78 is 16.7. The molecule has 0 amide bonds. The predicted octanol–water partition coefficient (Wildman–Crippen LogP) is 3.28. The van der Waals surface area contributed by atoms with Crippen LogP contribution in [0.2, 0.25) is 0 Å². The van der Waals surface area contributed by atoms with E-state index in [4.69, 9.17) is 14.2 Å². The molecule has 1 saturated heterocycles. The number of hydrogen-bond acceptors (Lipinski definition) is 6. The van der Waals surface area contributed by atoms with Gasteiger partial charge >= 0.3 is 5.97 Å². The third kappa shape index (κ3) is 8.23. The zero-order valence-corrected chi connectivity index (χ0v) is 18.5. The minimum absolute atomic E-state index is 0.200. The fourth-order valence-electron chi connectivity index (χ4n) is 3.65. The first-order valence-corrected chi connectivity index (χ1v) is 11.3. The van der Waals surface area contributed by atoms with Crippen LogP contribution in [0.3, 0.4) is 0 Å². The molecule has 6 heteroatoms. The Morgan fingerprint density at radius 2 is 1.77 bits per heavy atom. The van der Waals surface area contributed by atoms with Crippen LogP contribution in [-0.2, 0) is 16.0 Å². The number of carbonyl (C=O) groups excluding carboxylic acids is 1. The van der Waals surface area contributed by atoms with Gasteiger partial charge in [-0.15, -0.1) is 0 Å². The molecule has 1 heterocycles. The van der Waals surface area contributed by atoms with Crippen LogP contribution < -0.4 is 14.8 Å². The summed E-state index contributed by atoms with van der Waals surface area (Å²) in [6, 6.07) is 16.4. The monoisotopic (exact) mass is 426 g/mol. The number of rotatable bonds is 13. The van der Waals surface area contributed by atoms with Crippen LogP contribution in [0.25, 0.3) is 0 Å². The molecule has 0 bridgehead atoms. The second-order valence-electron chi connectivity index (χ2n) is 7.66. The molecule has 1 fully saturated rings. The van der Waals surface area contributed by atoms with Gasteiger partial charge in [0.2, 0.25) is 0 Å². The average molecular weight is 427 g/mol. The van der Waals surface area contributed by atoms with Gasteiger partial charge in [-0.3, -0.25) is 9.69 Å². The van der Waals surface area contributed by atoms with Crippen molar-refractivity contribution < 1.29 is 19.0 Å². The Labute approximate surface area is 185 Å². The first-order chi connectivity index (χ1) is 15.2. The predicted molar refractivity (Wildman–Crippen MR) is 122 cm³/mol. The van der Waals surface area contributed by atoms with Crippen LogP contribution in [0.1, 0.15) is 30.9 Å². The van der Waals surface area contributed by atoms with Gasteiger partial charge in [0, 0.05) is 19.5 Å². The van der Waals surface area contributed by atoms with Gasteiger partial charge in [-0.25, -0.2) is 0 Å². The van der Waals surface area contributed by atoms with Gasteiger partial charge in [0.25, 0.3) is 0 Å². The quantitative estimate of drug-likeness (QED) is 0.392. The van der Waals surface area contributed by atoms with Crippen LogP contribution in [-0.4, -0.2) is 63.4 Å². The summed E-state index contributed by atoms with van der Waals surface area (Å²) in [6.45, 7) is 7.60. The van der Waals surface area contributed by atoms with Crippen molar-refractivity contribution in [3.63, 3.8) is 0 Å². The summed E-state index contributed by atoms with van der Waals surface area (Å²) in [7, 11) is 0. The minimum atomic E-state index is -0.244. The van der Waals surface area contributed by atoms with Gasteiger partial charge in [0.05, 0.1) is 13.2 Å². The molecule has 2 aromatic rings. The summed E-state index contributed by atoms with van der Waals surface area (Å²) in [6.07, 6.45) is 3.41. The lowest BCUT2D eigenvalue weighted by atomic mass is 10.0. The Balaban J connectivity index is 1.42. The minimum Gasteiger partial charge on any atom is -0.492 e. The van der Waals surface area contributed by atoms with Crippen LogP contribution in [0.5, 0.6) is 11.5 Å². The van der Waals surface area contributed by atoms with Crippen molar-refractivity contribution >= 4 is 5.97 Å². The maximum absolute atomic E-state index is 11.3. The van der Waals surface area contributed by atoms with Gasteiger partial charge in [-0.2, -0.15) is 0 Å². The fourth-order valence-corrected chi connectivity index (χ4v) is 3.65. The zero-order valence-electron chi connectivity index (χ0n) is 18.5. The van der Waals surface area contributed by atoms with Crippen LogP contribution >= 0.6 is 0 Å². The van der Waals surface area contributed by atoms with E-state index in [0.717, 1.165) is 36.6 Å². The highest BCUT2D eigenvalue weighted by Gasteiger charge is 2.11. The molecule has 1 aliphatic rings. The molecule has 31 heavy (non-hydrogen) atoms. The highest BCUT2D eigenvalue weighted by Crippen LogP contribution is 2.22.